The number of H-pyrrole nitrogens is 1. The van der Waals surface area contributed by atoms with Crippen LogP contribution in [0.3, 0.4) is 0 Å². The van der Waals surface area contributed by atoms with Gasteiger partial charge in [0.15, 0.2) is 0 Å². The molecule has 0 bridgehead atoms. The number of nitrogens with one attached hydrogen (secondary N) is 1. The van der Waals surface area contributed by atoms with Gasteiger partial charge in [0.05, 0.1) is 24.2 Å². The highest BCUT2D eigenvalue weighted by Crippen LogP contribution is 2.26. The lowest BCUT2D eigenvalue weighted by Crippen LogP contribution is -1.85. The number of aromatic amines is 1. The van der Waals surface area contributed by atoms with E-state index in [9.17, 15) is 0 Å². The van der Waals surface area contributed by atoms with Crippen molar-refractivity contribution in [3.05, 3.63) is 53.6 Å². The summed E-state index contributed by atoms with van der Waals surface area (Å²) in [5.41, 5.74) is 5.76. The van der Waals surface area contributed by atoms with Gasteiger partial charge in [0.2, 0.25) is 0 Å². The summed E-state index contributed by atoms with van der Waals surface area (Å²) < 4.78 is 5.43. The average Bonchev–Trinajstić information content (AvgIpc) is 3.04. The Hall–Kier alpha value is -2.13. The number of nitrogens with zero attached hydrogens (tertiary/aromatic N) is 1. The molecule has 0 saturated carbocycles. The first-order valence-electron chi connectivity index (χ1n) is 6.05. The maximum absolute atomic E-state index is 5.43. The van der Waals surface area contributed by atoms with Crippen molar-refractivity contribution >= 4 is 11.0 Å². The van der Waals surface area contributed by atoms with E-state index in [-0.39, 0.29) is 0 Å². The fourth-order valence-electron chi connectivity index (χ4n) is 2.41. The standard InChI is InChI=1S/C15H12N2O/c1-2-4-14-13(3-1)16-15(17-14)10-5-6-11-8-18-9-12(11)7-10/h1-7H,8-9H2,(H,16,17). The zero-order valence-electron chi connectivity index (χ0n) is 9.81. The molecule has 88 valence electrons. The molecule has 0 atom stereocenters. The van der Waals surface area contributed by atoms with Crippen molar-refractivity contribution in [2.45, 2.75) is 13.2 Å². The van der Waals surface area contributed by atoms with Gasteiger partial charge < -0.3 is 9.72 Å². The van der Waals surface area contributed by atoms with Gasteiger partial charge in [-0.3, -0.25) is 0 Å². The fourth-order valence-corrected chi connectivity index (χ4v) is 2.41. The molecule has 0 saturated heterocycles. The highest BCUT2D eigenvalue weighted by Gasteiger charge is 2.13. The second-order valence-electron chi connectivity index (χ2n) is 4.58. The van der Waals surface area contributed by atoms with Crippen LogP contribution >= 0.6 is 0 Å². The molecule has 1 aromatic heterocycles. The summed E-state index contributed by atoms with van der Waals surface area (Å²) in [6.45, 7) is 1.44. The van der Waals surface area contributed by atoms with E-state index >= 15 is 0 Å². The SMILES string of the molecule is c1ccc2[nH]c(-c3ccc4c(c3)COC4)nc2c1. The molecule has 1 aliphatic rings. The molecule has 3 aromatic rings. The minimum atomic E-state index is 0.712. The fraction of sp³-hybridized carbons (Fsp3) is 0.133. The molecule has 2 aromatic carbocycles. The number of benzene rings is 2. The van der Waals surface area contributed by atoms with Crippen LogP contribution in [-0.4, -0.2) is 9.97 Å². The number of fused-ring (bicyclic) bond motifs is 2. The monoisotopic (exact) mass is 236 g/mol. The molecule has 18 heavy (non-hydrogen) atoms. The van der Waals surface area contributed by atoms with E-state index in [0.717, 1.165) is 29.0 Å². The summed E-state index contributed by atoms with van der Waals surface area (Å²) in [5.74, 6) is 0.922. The summed E-state index contributed by atoms with van der Waals surface area (Å²) >= 11 is 0. The van der Waals surface area contributed by atoms with Crippen LogP contribution in [0.4, 0.5) is 0 Å². The summed E-state index contributed by atoms with van der Waals surface area (Å²) in [6, 6.07) is 14.5. The van der Waals surface area contributed by atoms with E-state index in [2.05, 4.69) is 28.2 Å². The third-order valence-corrected chi connectivity index (χ3v) is 3.38. The van der Waals surface area contributed by atoms with Crippen LogP contribution in [0.5, 0.6) is 0 Å². The van der Waals surface area contributed by atoms with E-state index < -0.39 is 0 Å². The molecule has 0 spiro atoms. The predicted molar refractivity (Wildman–Crippen MR) is 70.0 cm³/mol. The van der Waals surface area contributed by atoms with Crippen molar-refractivity contribution in [2.24, 2.45) is 0 Å². The second-order valence-corrected chi connectivity index (χ2v) is 4.58. The van der Waals surface area contributed by atoms with Crippen molar-refractivity contribution in [1.29, 1.82) is 0 Å². The first-order chi connectivity index (χ1) is 8.90. The lowest BCUT2D eigenvalue weighted by molar-refractivity contribution is 0.134. The molecule has 0 unspecified atom stereocenters. The Morgan fingerprint density at radius 3 is 2.83 bits per heavy atom. The lowest BCUT2D eigenvalue weighted by Gasteiger charge is -2.00. The average molecular weight is 236 g/mol. The molecule has 3 nitrogen and oxygen atoms in total. The molecule has 4 rings (SSSR count). The molecule has 1 N–H and O–H groups in total. The van der Waals surface area contributed by atoms with E-state index in [1.54, 1.807) is 0 Å². The molecule has 3 heteroatoms. The Bertz CT molecular complexity index is 697. The zero-order valence-corrected chi connectivity index (χ0v) is 9.81. The molecule has 1 aliphatic heterocycles. The van der Waals surface area contributed by atoms with Crippen molar-refractivity contribution in [3.8, 4) is 11.4 Å². The number of ether oxygens (including phenoxy) is 1. The molecule has 0 amide bonds. The van der Waals surface area contributed by atoms with Gasteiger partial charge in [-0.15, -0.1) is 0 Å². The number of hydrogen-bond donors (Lipinski definition) is 1. The number of rotatable bonds is 1. The van der Waals surface area contributed by atoms with Gasteiger partial charge in [-0.1, -0.05) is 24.3 Å². The Labute approximate surface area is 104 Å². The Morgan fingerprint density at radius 2 is 1.89 bits per heavy atom. The third kappa shape index (κ3) is 1.45. The first kappa shape index (κ1) is 9.85. The van der Waals surface area contributed by atoms with Crippen LogP contribution in [-0.2, 0) is 18.0 Å². The summed E-state index contributed by atoms with van der Waals surface area (Å²) in [7, 11) is 0. The van der Waals surface area contributed by atoms with Gasteiger partial charge in [0, 0.05) is 5.56 Å². The quantitative estimate of drug-likeness (QED) is 0.704. The van der Waals surface area contributed by atoms with Gasteiger partial charge in [-0.2, -0.15) is 0 Å². The molecular weight excluding hydrogens is 224 g/mol. The zero-order chi connectivity index (χ0) is 11.9. The minimum Gasteiger partial charge on any atom is -0.372 e. The Balaban J connectivity index is 1.86. The second kappa shape index (κ2) is 3.68. The first-order valence-corrected chi connectivity index (χ1v) is 6.05. The number of aromatic nitrogens is 2. The highest BCUT2D eigenvalue weighted by molar-refractivity contribution is 5.79. The van der Waals surface area contributed by atoms with Gasteiger partial charge >= 0.3 is 0 Å². The normalized spacial score (nSPS) is 14.0. The smallest absolute Gasteiger partial charge is 0.138 e. The number of imidazole rings is 1. The van der Waals surface area contributed by atoms with Crippen LogP contribution < -0.4 is 0 Å². The van der Waals surface area contributed by atoms with Crippen molar-refractivity contribution in [3.63, 3.8) is 0 Å². The van der Waals surface area contributed by atoms with E-state index in [1.807, 2.05) is 24.3 Å². The van der Waals surface area contributed by atoms with Gasteiger partial charge in [0.1, 0.15) is 5.82 Å². The van der Waals surface area contributed by atoms with Gasteiger partial charge in [-0.05, 0) is 29.3 Å². The Kier molecular flexibility index (Phi) is 2.02. The lowest BCUT2D eigenvalue weighted by atomic mass is 10.1. The summed E-state index contributed by atoms with van der Waals surface area (Å²) in [4.78, 5) is 7.96. The minimum absolute atomic E-state index is 0.712. The van der Waals surface area contributed by atoms with E-state index in [4.69, 9.17) is 4.74 Å². The maximum Gasteiger partial charge on any atom is 0.138 e. The van der Waals surface area contributed by atoms with Gasteiger partial charge in [0.25, 0.3) is 0 Å². The number of para-hydroxylation sites is 2. The molecule has 2 heterocycles. The summed E-state index contributed by atoms with van der Waals surface area (Å²) in [5, 5.41) is 0. The van der Waals surface area contributed by atoms with Crippen LogP contribution in [0.1, 0.15) is 11.1 Å². The topological polar surface area (TPSA) is 37.9 Å². The molecule has 0 aliphatic carbocycles. The summed E-state index contributed by atoms with van der Waals surface area (Å²) in [6.07, 6.45) is 0. The number of hydrogen-bond acceptors (Lipinski definition) is 2. The van der Waals surface area contributed by atoms with Crippen LogP contribution in [0.2, 0.25) is 0 Å². The maximum atomic E-state index is 5.43. The van der Waals surface area contributed by atoms with Crippen molar-refractivity contribution in [2.75, 3.05) is 0 Å². The third-order valence-electron chi connectivity index (χ3n) is 3.38. The van der Waals surface area contributed by atoms with Crippen molar-refractivity contribution < 1.29 is 4.74 Å². The van der Waals surface area contributed by atoms with Crippen LogP contribution in [0.15, 0.2) is 42.5 Å². The molecule has 0 fully saturated rings. The molecule has 0 radical (unpaired) electrons. The van der Waals surface area contributed by atoms with E-state index in [0.29, 0.717) is 6.61 Å². The predicted octanol–water partition coefficient (Wildman–Crippen LogP) is 3.26. The van der Waals surface area contributed by atoms with Crippen LogP contribution in [0, 0.1) is 0 Å². The van der Waals surface area contributed by atoms with Gasteiger partial charge in [-0.25, -0.2) is 4.98 Å². The van der Waals surface area contributed by atoms with Crippen molar-refractivity contribution in [1.82, 2.24) is 9.97 Å². The Morgan fingerprint density at radius 1 is 1.00 bits per heavy atom. The highest BCUT2D eigenvalue weighted by atomic mass is 16.5. The molecular formula is C15H12N2O. The van der Waals surface area contributed by atoms with Crippen LogP contribution in [0.25, 0.3) is 22.4 Å². The van der Waals surface area contributed by atoms with E-state index in [1.165, 1.54) is 11.1 Å². The largest absolute Gasteiger partial charge is 0.372 e.